The van der Waals surface area contributed by atoms with Crippen LogP contribution >= 0.6 is 0 Å². The molecule has 1 heterocycles. The molecule has 0 spiro atoms. The van der Waals surface area contributed by atoms with Crippen molar-refractivity contribution in [2.75, 3.05) is 0 Å². The van der Waals surface area contributed by atoms with E-state index in [-0.39, 0.29) is 29.0 Å². The number of amides is 1. The Morgan fingerprint density at radius 3 is 2.44 bits per heavy atom. The number of nitrogens with one attached hydrogen (secondary N) is 1. The molecule has 0 aromatic carbocycles. The highest BCUT2D eigenvalue weighted by Crippen LogP contribution is 2.38. The summed E-state index contributed by atoms with van der Waals surface area (Å²) < 4.78 is 6.26. The van der Waals surface area contributed by atoms with Gasteiger partial charge in [-0.15, -0.1) is 5.73 Å². The summed E-state index contributed by atoms with van der Waals surface area (Å²) in [6, 6.07) is 0.0229. The maximum atomic E-state index is 11.6. The molecule has 0 saturated carbocycles. The summed E-state index contributed by atoms with van der Waals surface area (Å²) in [5.74, 6) is -0.0360. The van der Waals surface area contributed by atoms with E-state index in [0.29, 0.717) is 0 Å². The van der Waals surface area contributed by atoms with Crippen molar-refractivity contribution in [2.45, 2.75) is 58.0 Å². The molecule has 1 amide bonds. The molecule has 3 unspecified atom stereocenters. The number of carbonyl (C=O) groups is 1. The van der Waals surface area contributed by atoms with Gasteiger partial charge in [0, 0.05) is 0 Å². The zero-order valence-electron chi connectivity index (χ0n) is 12.3. The van der Waals surface area contributed by atoms with Gasteiger partial charge >= 0.3 is 0 Å². The van der Waals surface area contributed by atoms with Crippen LogP contribution in [0.5, 0.6) is 0 Å². The van der Waals surface area contributed by atoms with E-state index in [9.17, 15) is 4.79 Å². The van der Waals surface area contributed by atoms with E-state index in [1.807, 2.05) is 6.92 Å². The van der Waals surface area contributed by atoms with Crippen LogP contribution in [0.3, 0.4) is 0 Å². The summed E-state index contributed by atoms with van der Waals surface area (Å²) in [5.41, 5.74) is 2.73. The maximum absolute atomic E-state index is 11.6. The molecule has 18 heavy (non-hydrogen) atoms. The molecule has 3 nitrogen and oxygen atoms in total. The van der Waals surface area contributed by atoms with Gasteiger partial charge < -0.3 is 9.74 Å². The first kappa shape index (κ1) is 15.2. The third kappa shape index (κ3) is 2.94. The highest BCUT2D eigenvalue weighted by atomic mass is 28.4. The quantitative estimate of drug-likeness (QED) is 0.483. The van der Waals surface area contributed by atoms with Crippen molar-refractivity contribution in [3.63, 3.8) is 0 Å². The fourth-order valence-corrected chi connectivity index (χ4v) is 3.34. The fraction of sp³-hybridized carbons (Fsp3) is 0.714. The van der Waals surface area contributed by atoms with Gasteiger partial charge in [0.15, 0.2) is 8.32 Å². The van der Waals surface area contributed by atoms with Crippen molar-refractivity contribution in [2.24, 2.45) is 5.92 Å². The smallest absolute Gasteiger partial charge is 0.228 e. The van der Waals surface area contributed by atoms with Crippen LogP contribution in [0, 0.1) is 5.92 Å². The summed E-state index contributed by atoms with van der Waals surface area (Å²) in [7, 11) is -1.83. The predicted molar refractivity (Wildman–Crippen MR) is 76.9 cm³/mol. The van der Waals surface area contributed by atoms with Crippen LogP contribution in [0.25, 0.3) is 0 Å². The van der Waals surface area contributed by atoms with Gasteiger partial charge in [-0.25, -0.2) is 0 Å². The molecule has 4 heteroatoms. The van der Waals surface area contributed by atoms with E-state index in [1.165, 1.54) is 0 Å². The van der Waals surface area contributed by atoms with Crippen molar-refractivity contribution in [3.8, 4) is 0 Å². The standard InChI is InChI=1S/C14H25NO2Si/c1-8-9-11-12(13(16)15-11)10(2)17-18(6,7)14(3,4)5/h9-12H,1H2,2-7H3,(H,15,16). The lowest BCUT2D eigenvalue weighted by Crippen LogP contribution is -2.62. The van der Waals surface area contributed by atoms with Gasteiger partial charge in [0.05, 0.1) is 18.1 Å². The largest absolute Gasteiger partial charge is 0.413 e. The second-order valence-electron chi connectivity index (χ2n) is 6.51. The highest BCUT2D eigenvalue weighted by molar-refractivity contribution is 6.74. The molecular formula is C14H25NO2Si. The summed E-state index contributed by atoms with van der Waals surface area (Å²) in [4.78, 5) is 11.6. The molecular weight excluding hydrogens is 242 g/mol. The molecule has 1 aliphatic heterocycles. The highest BCUT2D eigenvalue weighted by Gasteiger charge is 2.46. The van der Waals surface area contributed by atoms with Crippen molar-refractivity contribution in [3.05, 3.63) is 18.4 Å². The lowest BCUT2D eigenvalue weighted by atomic mass is 9.86. The van der Waals surface area contributed by atoms with E-state index in [0.717, 1.165) is 0 Å². The molecule has 1 saturated heterocycles. The molecule has 0 bridgehead atoms. The van der Waals surface area contributed by atoms with Gasteiger partial charge in [-0.05, 0) is 31.1 Å². The summed E-state index contributed by atoms with van der Waals surface area (Å²) in [5, 5.41) is 3.00. The number of β-lactam (4-membered cyclic amide) rings is 1. The molecule has 3 atom stereocenters. The van der Waals surface area contributed by atoms with Crippen LogP contribution in [-0.2, 0) is 9.22 Å². The van der Waals surface area contributed by atoms with Gasteiger partial charge in [0.25, 0.3) is 0 Å². The Hall–Kier alpha value is -0.833. The number of hydrogen-bond donors (Lipinski definition) is 1. The second-order valence-corrected chi connectivity index (χ2v) is 11.3. The van der Waals surface area contributed by atoms with Crippen LogP contribution in [0.4, 0.5) is 0 Å². The van der Waals surface area contributed by atoms with Gasteiger partial charge in [-0.1, -0.05) is 27.4 Å². The Labute approximate surface area is 111 Å². The van der Waals surface area contributed by atoms with Crippen LogP contribution < -0.4 is 5.32 Å². The van der Waals surface area contributed by atoms with Crippen molar-refractivity contribution in [1.82, 2.24) is 5.32 Å². The normalized spacial score (nSPS) is 25.8. The summed E-state index contributed by atoms with van der Waals surface area (Å²) >= 11 is 0. The van der Waals surface area contributed by atoms with E-state index >= 15 is 0 Å². The van der Waals surface area contributed by atoms with Crippen LogP contribution in [0.2, 0.25) is 18.1 Å². The predicted octanol–water partition coefficient (Wildman–Crippen LogP) is 2.85. The summed E-state index contributed by atoms with van der Waals surface area (Å²) in [6.45, 7) is 16.6. The summed E-state index contributed by atoms with van der Waals surface area (Å²) in [6.07, 6.45) is 1.74. The Bertz CT molecular complexity index is 378. The van der Waals surface area contributed by atoms with Crippen molar-refractivity contribution in [1.29, 1.82) is 0 Å². The molecule has 0 aliphatic carbocycles. The zero-order chi connectivity index (χ0) is 14.1. The third-order valence-electron chi connectivity index (χ3n) is 4.09. The third-order valence-corrected chi connectivity index (χ3v) is 8.66. The lowest BCUT2D eigenvalue weighted by molar-refractivity contribution is -0.137. The molecule has 1 N–H and O–H groups in total. The van der Waals surface area contributed by atoms with E-state index < -0.39 is 8.32 Å². The Balaban J connectivity index is 2.74. The molecule has 102 valence electrons. The Morgan fingerprint density at radius 2 is 2.06 bits per heavy atom. The van der Waals surface area contributed by atoms with Gasteiger partial charge in [-0.2, -0.15) is 0 Å². The zero-order valence-corrected chi connectivity index (χ0v) is 13.3. The fourth-order valence-electron chi connectivity index (χ4n) is 1.91. The minimum atomic E-state index is -1.83. The average molecular weight is 267 g/mol. The second kappa shape index (κ2) is 5.04. The minimum Gasteiger partial charge on any atom is -0.413 e. The van der Waals surface area contributed by atoms with Crippen LogP contribution in [0.1, 0.15) is 27.7 Å². The van der Waals surface area contributed by atoms with Crippen LogP contribution in [0.15, 0.2) is 18.4 Å². The van der Waals surface area contributed by atoms with E-state index in [2.05, 4.69) is 51.5 Å². The molecule has 1 aliphatic rings. The molecule has 0 aromatic rings. The Morgan fingerprint density at radius 1 is 1.50 bits per heavy atom. The topological polar surface area (TPSA) is 38.3 Å². The first-order valence-corrected chi connectivity index (χ1v) is 9.35. The molecule has 0 aromatic heterocycles. The monoisotopic (exact) mass is 267 g/mol. The van der Waals surface area contributed by atoms with E-state index in [1.54, 1.807) is 6.08 Å². The van der Waals surface area contributed by atoms with Gasteiger partial charge in [0.2, 0.25) is 5.91 Å². The SMILES string of the molecule is C=C=CC1NC(=O)C1C(C)O[Si](C)(C)C(C)(C)C. The van der Waals surface area contributed by atoms with Crippen molar-refractivity contribution < 1.29 is 9.22 Å². The van der Waals surface area contributed by atoms with Crippen LogP contribution in [-0.4, -0.2) is 26.4 Å². The number of rotatable bonds is 4. The lowest BCUT2D eigenvalue weighted by Gasteiger charge is -2.44. The average Bonchev–Trinajstić information content (AvgIpc) is 2.13. The first-order chi connectivity index (χ1) is 8.10. The number of carbonyl (C=O) groups excluding carboxylic acids is 1. The molecule has 1 fully saturated rings. The Kier molecular flexibility index (Phi) is 4.26. The van der Waals surface area contributed by atoms with Gasteiger partial charge in [0.1, 0.15) is 0 Å². The molecule has 1 rings (SSSR count). The minimum absolute atomic E-state index is 0.0229. The van der Waals surface area contributed by atoms with Crippen molar-refractivity contribution >= 4 is 14.2 Å². The first-order valence-electron chi connectivity index (χ1n) is 6.44. The number of hydrogen-bond acceptors (Lipinski definition) is 2. The molecule has 0 radical (unpaired) electrons. The van der Waals surface area contributed by atoms with Gasteiger partial charge in [-0.3, -0.25) is 4.79 Å². The maximum Gasteiger partial charge on any atom is 0.228 e. The van der Waals surface area contributed by atoms with E-state index in [4.69, 9.17) is 4.43 Å².